The first-order chi connectivity index (χ1) is 6.30. The van der Waals surface area contributed by atoms with Crippen molar-refractivity contribution in [3.63, 3.8) is 0 Å². The maximum atomic E-state index is 10.1. The molecule has 1 aromatic carbocycles. The van der Waals surface area contributed by atoms with Gasteiger partial charge < -0.3 is 5.11 Å². The summed E-state index contributed by atoms with van der Waals surface area (Å²) >= 11 is 0. The molecule has 3 heteroatoms. The summed E-state index contributed by atoms with van der Waals surface area (Å²) in [5, 5.41) is 8.31. The van der Waals surface area contributed by atoms with Crippen molar-refractivity contribution >= 4 is 5.97 Å². The van der Waals surface area contributed by atoms with E-state index in [0.717, 1.165) is 0 Å². The number of rotatable bonds is 1. The topological polar surface area (TPSA) is 37.3 Å². The van der Waals surface area contributed by atoms with Gasteiger partial charge in [-0.1, -0.05) is 24.3 Å². The van der Waals surface area contributed by atoms with E-state index in [-0.39, 0.29) is 22.7 Å². The molecule has 0 saturated carbocycles. The Hall–Kier alpha value is -1.19. The molecule has 2 nitrogen and oxygen atoms in total. The summed E-state index contributed by atoms with van der Waals surface area (Å²) in [6, 6.07) is 10.0. The molecule has 1 aromatic rings. The smallest absolute Gasteiger partial charge is 0.314 e. The molecule has 0 heterocycles. The van der Waals surface area contributed by atoms with Crippen LogP contribution in [0.15, 0.2) is 54.6 Å². The summed E-state index contributed by atoms with van der Waals surface area (Å²) in [4.78, 5) is 10.1. The van der Waals surface area contributed by atoms with Gasteiger partial charge in [-0.2, -0.15) is 18.2 Å². The second-order valence-corrected chi connectivity index (χ2v) is 2.60. The monoisotopic (exact) mass is 234 g/mol. The Balaban J connectivity index is 0.000000246. The molecule has 0 spiro atoms. The number of aliphatic carboxylic acids is 1. The Morgan fingerprint density at radius 2 is 1.64 bits per heavy atom. The van der Waals surface area contributed by atoms with Gasteiger partial charge in [-0.15, -0.1) is 0 Å². The van der Waals surface area contributed by atoms with E-state index in [4.69, 9.17) is 5.11 Å². The van der Waals surface area contributed by atoms with Crippen molar-refractivity contribution < 1.29 is 26.7 Å². The SMILES string of the molecule is O=C(O)C1C=CC=C1.[Co].c1cc[cH-]c1. The van der Waals surface area contributed by atoms with Crippen LogP contribution >= 0.6 is 0 Å². The summed E-state index contributed by atoms with van der Waals surface area (Å²) in [5.41, 5.74) is 0. The standard InChI is InChI=1S/C6H6O2.C5H5.Co/c7-6(8)5-3-1-2-4-5;1-2-4-5-3-1;/h1-5H,(H,7,8);1-5H;/q;-1;. The van der Waals surface area contributed by atoms with E-state index in [1.807, 2.05) is 30.3 Å². The molecule has 1 radical (unpaired) electrons. The first-order valence-electron chi connectivity index (χ1n) is 4.05. The maximum Gasteiger partial charge on any atom is 0.314 e. The molecule has 1 aliphatic carbocycles. The Bertz CT molecular complexity index is 270. The maximum absolute atomic E-state index is 10.1. The van der Waals surface area contributed by atoms with Crippen LogP contribution in [0.5, 0.6) is 0 Å². The number of carbonyl (C=O) groups is 1. The molecular formula is C11H11CoO2-. The molecule has 0 saturated heterocycles. The van der Waals surface area contributed by atoms with E-state index in [0.29, 0.717) is 0 Å². The molecule has 0 unspecified atom stereocenters. The van der Waals surface area contributed by atoms with E-state index >= 15 is 0 Å². The number of hydrogen-bond acceptors (Lipinski definition) is 1. The van der Waals surface area contributed by atoms with Gasteiger partial charge in [0, 0.05) is 16.8 Å². The second-order valence-electron chi connectivity index (χ2n) is 2.60. The van der Waals surface area contributed by atoms with Crippen molar-refractivity contribution in [3.8, 4) is 0 Å². The fourth-order valence-corrected chi connectivity index (χ4v) is 0.917. The molecule has 0 aliphatic heterocycles. The van der Waals surface area contributed by atoms with Crippen LogP contribution in [0.3, 0.4) is 0 Å². The van der Waals surface area contributed by atoms with Crippen molar-refractivity contribution in [2.45, 2.75) is 0 Å². The Kier molecular flexibility index (Phi) is 6.62. The largest absolute Gasteiger partial charge is 0.481 e. The number of allylic oxidation sites excluding steroid dienone is 2. The third-order valence-electron chi connectivity index (χ3n) is 1.59. The molecule has 0 fully saturated rings. The number of carboxylic acids is 1. The summed E-state index contributed by atoms with van der Waals surface area (Å²) in [7, 11) is 0. The summed E-state index contributed by atoms with van der Waals surface area (Å²) in [5.74, 6) is -1.16. The Morgan fingerprint density at radius 3 is 1.86 bits per heavy atom. The van der Waals surface area contributed by atoms with Gasteiger partial charge >= 0.3 is 5.97 Å². The van der Waals surface area contributed by atoms with Gasteiger partial charge in [0.15, 0.2) is 0 Å². The van der Waals surface area contributed by atoms with Gasteiger partial charge in [-0.05, 0) is 0 Å². The van der Waals surface area contributed by atoms with Crippen LogP contribution in [0.2, 0.25) is 0 Å². The second kappa shape index (κ2) is 7.23. The zero-order valence-corrected chi connectivity index (χ0v) is 8.50. The minimum atomic E-state index is -0.782. The van der Waals surface area contributed by atoms with Crippen molar-refractivity contribution in [2.24, 2.45) is 5.92 Å². The Morgan fingerprint density at radius 1 is 1.14 bits per heavy atom. The third kappa shape index (κ3) is 4.74. The molecule has 0 bridgehead atoms. The molecule has 1 aliphatic rings. The molecule has 77 valence electrons. The van der Waals surface area contributed by atoms with Crippen molar-refractivity contribution in [3.05, 3.63) is 54.6 Å². The minimum absolute atomic E-state index is 0. The zero-order chi connectivity index (χ0) is 9.52. The summed E-state index contributed by atoms with van der Waals surface area (Å²) in [6.07, 6.45) is 6.75. The third-order valence-corrected chi connectivity index (χ3v) is 1.59. The fourth-order valence-electron chi connectivity index (χ4n) is 0.917. The summed E-state index contributed by atoms with van der Waals surface area (Å²) < 4.78 is 0. The molecule has 1 N–H and O–H groups in total. The molecular weight excluding hydrogens is 223 g/mol. The minimum Gasteiger partial charge on any atom is -0.481 e. The molecule has 0 atom stereocenters. The van der Waals surface area contributed by atoms with E-state index in [2.05, 4.69) is 0 Å². The fraction of sp³-hybridized carbons (Fsp3) is 0.0909. The van der Waals surface area contributed by atoms with Gasteiger partial charge in [-0.3, -0.25) is 4.79 Å². The predicted molar refractivity (Wildman–Crippen MR) is 51.4 cm³/mol. The van der Waals surface area contributed by atoms with Crippen LogP contribution in [0.1, 0.15) is 0 Å². The average molecular weight is 234 g/mol. The van der Waals surface area contributed by atoms with Crippen LogP contribution < -0.4 is 0 Å². The van der Waals surface area contributed by atoms with Crippen LogP contribution in [0.25, 0.3) is 0 Å². The Labute approximate surface area is 93.5 Å². The van der Waals surface area contributed by atoms with E-state index in [9.17, 15) is 4.79 Å². The molecule has 0 aromatic heterocycles. The normalized spacial score (nSPS) is 12.9. The van der Waals surface area contributed by atoms with Crippen molar-refractivity contribution in [1.29, 1.82) is 0 Å². The number of hydrogen-bond donors (Lipinski definition) is 1. The van der Waals surface area contributed by atoms with Gasteiger partial charge in [0.2, 0.25) is 0 Å². The molecule has 2 rings (SSSR count). The van der Waals surface area contributed by atoms with Crippen molar-refractivity contribution in [1.82, 2.24) is 0 Å². The van der Waals surface area contributed by atoms with Gasteiger partial charge in [0.1, 0.15) is 0 Å². The van der Waals surface area contributed by atoms with Gasteiger partial charge in [0.25, 0.3) is 0 Å². The first-order valence-corrected chi connectivity index (χ1v) is 4.05. The summed E-state index contributed by atoms with van der Waals surface area (Å²) in [6.45, 7) is 0. The van der Waals surface area contributed by atoms with Crippen LogP contribution in [0, 0.1) is 5.92 Å². The molecule has 14 heavy (non-hydrogen) atoms. The zero-order valence-electron chi connectivity index (χ0n) is 7.46. The van der Waals surface area contributed by atoms with Gasteiger partial charge in [0.05, 0.1) is 5.92 Å². The van der Waals surface area contributed by atoms with Gasteiger partial charge in [-0.25, -0.2) is 12.1 Å². The van der Waals surface area contributed by atoms with E-state index in [1.54, 1.807) is 24.3 Å². The number of carboxylic acid groups (broad SMARTS) is 1. The first kappa shape index (κ1) is 12.8. The average Bonchev–Trinajstić information content (AvgIpc) is 2.82. The van der Waals surface area contributed by atoms with E-state index in [1.165, 1.54) is 0 Å². The van der Waals surface area contributed by atoms with Crippen molar-refractivity contribution in [2.75, 3.05) is 0 Å². The quantitative estimate of drug-likeness (QED) is 0.756. The predicted octanol–water partition coefficient (Wildman–Crippen LogP) is 2.22. The van der Waals surface area contributed by atoms with Crippen LogP contribution in [-0.2, 0) is 21.6 Å². The van der Waals surface area contributed by atoms with Crippen LogP contribution in [0.4, 0.5) is 0 Å². The van der Waals surface area contributed by atoms with Crippen LogP contribution in [-0.4, -0.2) is 11.1 Å². The van der Waals surface area contributed by atoms with E-state index < -0.39 is 5.97 Å². The molecule has 0 amide bonds.